The molecule has 0 saturated carbocycles. The van der Waals surface area contributed by atoms with Crippen molar-refractivity contribution in [1.29, 1.82) is 0 Å². The molecule has 0 amide bonds. The molecule has 118 valence electrons. The van der Waals surface area contributed by atoms with Gasteiger partial charge >= 0.3 is 0 Å². The van der Waals surface area contributed by atoms with Crippen molar-refractivity contribution in [2.45, 2.75) is 52.9 Å². The molecule has 0 saturated heterocycles. The first kappa shape index (κ1) is 17.7. The largest absolute Gasteiger partial charge is 0.387 e. The molecular weight excluding hydrogens is 262 g/mol. The van der Waals surface area contributed by atoms with Gasteiger partial charge in [-0.2, -0.15) is 0 Å². The van der Waals surface area contributed by atoms with Crippen LogP contribution in [-0.4, -0.2) is 25.4 Å². The summed E-state index contributed by atoms with van der Waals surface area (Å²) in [4.78, 5) is 0. The predicted octanol–water partition coefficient (Wildman–Crippen LogP) is 3.90. The maximum Gasteiger partial charge on any atom is 0.123 e. The minimum absolute atomic E-state index is 0.0237. The van der Waals surface area contributed by atoms with Gasteiger partial charge in [0.05, 0.1) is 12.7 Å². The van der Waals surface area contributed by atoms with Gasteiger partial charge < -0.3 is 14.8 Å². The van der Waals surface area contributed by atoms with E-state index in [-0.39, 0.29) is 12.2 Å². The number of hydrogen-bond acceptors (Lipinski definition) is 3. The summed E-state index contributed by atoms with van der Waals surface area (Å²) in [6.07, 6.45) is 3.13. The lowest BCUT2D eigenvalue weighted by atomic mass is 10.1. The van der Waals surface area contributed by atoms with Crippen LogP contribution < -0.4 is 5.32 Å². The van der Waals surface area contributed by atoms with Gasteiger partial charge in [0, 0.05) is 18.8 Å². The summed E-state index contributed by atoms with van der Waals surface area (Å²) >= 11 is 0. The quantitative estimate of drug-likeness (QED) is 0.709. The van der Waals surface area contributed by atoms with Crippen molar-refractivity contribution in [1.82, 2.24) is 5.32 Å². The van der Waals surface area contributed by atoms with Gasteiger partial charge in [0.15, 0.2) is 0 Å². The second-order valence-corrected chi connectivity index (χ2v) is 4.98. The molecule has 0 aliphatic carbocycles. The third-order valence-corrected chi connectivity index (χ3v) is 3.24. The van der Waals surface area contributed by atoms with E-state index in [0.29, 0.717) is 13.2 Å². The Morgan fingerprint density at radius 2 is 1.86 bits per heavy atom. The van der Waals surface area contributed by atoms with Gasteiger partial charge in [0.1, 0.15) is 6.10 Å². The van der Waals surface area contributed by atoms with Crippen molar-refractivity contribution in [3.05, 3.63) is 47.7 Å². The van der Waals surface area contributed by atoms with Gasteiger partial charge in [-0.05, 0) is 32.8 Å². The van der Waals surface area contributed by atoms with E-state index < -0.39 is 0 Å². The molecular formula is C18H29NO2. The Labute approximate surface area is 129 Å². The fourth-order valence-corrected chi connectivity index (χ4v) is 2.30. The molecule has 1 rings (SSSR count). The lowest BCUT2D eigenvalue weighted by Crippen LogP contribution is -2.36. The van der Waals surface area contributed by atoms with E-state index in [1.165, 1.54) is 5.56 Å². The Balaban J connectivity index is 2.78. The number of hydrogen-bond donors (Lipinski definition) is 1. The number of rotatable bonds is 10. The Morgan fingerprint density at radius 1 is 1.14 bits per heavy atom. The zero-order chi connectivity index (χ0) is 15.5. The van der Waals surface area contributed by atoms with E-state index in [1.807, 2.05) is 25.1 Å². The molecule has 0 fully saturated rings. The average molecular weight is 291 g/mol. The molecule has 21 heavy (non-hydrogen) atoms. The molecule has 0 heterocycles. The number of benzene rings is 1. The van der Waals surface area contributed by atoms with Crippen molar-refractivity contribution < 1.29 is 9.47 Å². The lowest BCUT2D eigenvalue weighted by molar-refractivity contribution is -0.0533. The maximum atomic E-state index is 6.15. The topological polar surface area (TPSA) is 30.5 Å². The molecule has 3 nitrogen and oxygen atoms in total. The van der Waals surface area contributed by atoms with Crippen molar-refractivity contribution in [3.63, 3.8) is 0 Å². The van der Waals surface area contributed by atoms with E-state index >= 15 is 0 Å². The average Bonchev–Trinajstić information content (AvgIpc) is 2.49. The van der Waals surface area contributed by atoms with Crippen LogP contribution in [-0.2, 0) is 16.1 Å². The van der Waals surface area contributed by atoms with E-state index in [2.05, 4.69) is 44.3 Å². The number of nitrogens with one attached hydrogen (secondary N) is 1. The standard InChI is InChI=1S/C18H29NO2/c1-5-11-17(19-6-2)18(15(4)20-7-3)21-14-16-12-9-8-10-13-16/h8-13,15,18-19H,5-7,14H2,1-4H3/b17-11+/t15-,18?/m1/s1. The zero-order valence-electron chi connectivity index (χ0n) is 13.8. The monoisotopic (exact) mass is 291 g/mol. The highest BCUT2D eigenvalue weighted by Crippen LogP contribution is 2.15. The third-order valence-electron chi connectivity index (χ3n) is 3.24. The first-order valence-electron chi connectivity index (χ1n) is 7.93. The molecule has 1 aromatic rings. The highest BCUT2D eigenvalue weighted by molar-refractivity contribution is 5.14. The van der Waals surface area contributed by atoms with E-state index in [4.69, 9.17) is 9.47 Å². The Morgan fingerprint density at radius 3 is 2.43 bits per heavy atom. The molecule has 0 bridgehead atoms. The van der Waals surface area contributed by atoms with E-state index in [0.717, 1.165) is 18.7 Å². The van der Waals surface area contributed by atoms with Gasteiger partial charge in [-0.15, -0.1) is 0 Å². The highest BCUT2D eigenvalue weighted by atomic mass is 16.5. The second kappa shape index (κ2) is 10.4. The maximum absolute atomic E-state index is 6.15. The van der Waals surface area contributed by atoms with Crippen LogP contribution >= 0.6 is 0 Å². The van der Waals surface area contributed by atoms with Crippen LogP contribution in [0.3, 0.4) is 0 Å². The summed E-state index contributed by atoms with van der Waals surface area (Å²) in [5.74, 6) is 0. The highest BCUT2D eigenvalue weighted by Gasteiger charge is 2.22. The Bertz CT molecular complexity index is 403. The zero-order valence-corrected chi connectivity index (χ0v) is 13.8. The fraction of sp³-hybridized carbons (Fsp3) is 0.556. The second-order valence-electron chi connectivity index (χ2n) is 4.98. The van der Waals surface area contributed by atoms with E-state index in [9.17, 15) is 0 Å². The summed E-state index contributed by atoms with van der Waals surface area (Å²) < 4.78 is 11.9. The molecule has 0 aliphatic rings. The van der Waals surface area contributed by atoms with Crippen LogP contribution in [0.1, 0.15) is 39.7 Å². The SMILES string of the molecule is CC/C=C(/NCC)C(OCc1ccccc1)[C@@H](C)OCC. The molecule has 1 aromatic carbocycles. The van der Waals surface area contributed by atoms with Gasteiger partial charge in [0.25, 0.3) is 0 Å². The summed E-state index contributed by atoms with van der Waals surface area (Å²) in [6, 6.07) is 10.3. The summed E-state index contributed by atoms with van der Waals surface area (Å²) in [5.41, 5.74) is 2.30. The van der Waals surface area contributed by atoms with Crippen LogP contribution in [0.4, 0.5) is 0 Å². The van der Waals surface area contributed by atoms with Gasteiger partial charge in [-0.1, -0.05) is 43.3 Å². The molecule has 0 aromatic heterocycles. The van der Waals surface area contributed by atoms with E-state index in [1.54, 1.807) is 0 Å². The molecule has 1 unspecified atom stereocenters. The summed E-state index contributed by atoms with van der Waals surface area (Å²) in [7, 11) is 0. The van der Waals surface area contributed by atoms with Crippen molar-refractivity contribution >= 4 is 0 Å². The van der Waals surface area contributed by atoms with Crippen LogP contribution in [0.25, 0.3) is 0 Å². The van der Waals surface area contributed by atoms with Crippen molar-refractivity contribution in [3.8, 4) is 0 Å². The number of ether oxygens (including phenoxy) is 2. The summed E-state index contributed by atoms with van der Waals surface area (Å²) in [6.45, 7) is 10.5. The first-order valence-corrected chi connectivity index (χ1v) is 7.93. The Hall–Kier alpha value is -1.32. The molecule has 0 radical (unpaired) electrons. The first-order chi connectivity index (χ1) is 10.2. The smallest absolute Gasteiger partial charge is 0.123 e. The van der Waals surface area contributed by atoms with Crippen molar-refractivity contribution in [2.24, 2.45) is 0 Å². The fourth-order valence-electron chi connectivity index (χ4n) is 2.30. The normalized spacial score (nSPS) is 14.8. The minimum Gasteiger partial charge on any atom is -0.387 e. The van der Waals surface area contributed by atoms with Crippen LogP contribution in [0, 0.1) is 0 Å². The van der Waals surface area contributed by atoms with Crippen LogP contribution in [0.5, 0.6) is 0 Å². The molecule has 0 aliphatic heterocycles. The van der Waals surface area contributed by atoms with Gasteiger partial charge in [-0.3, -0.25) is 0 Å². The Kier molecular flexibility index (Phi) is 8.79. The lowest BCUT2D eigenvalue weighted by Gasteiger charge is -2.27. The molecule has 0 spiro atoms. The van der Waals surface area contributed by atoms with Crippen LogP contribution in [0.15, 0.2) is 42.1 Å². The molecule has 3 heteroatoms. The van der Waals surface area contributed by atoms with Gasteiger partial charge in [-0.25, -0.2) is 0 Å². The number of likely N-dealkylation sites (N-methyl/N-ethyl adjacent to an activating group) is 1. The van der Waals surface area contributed by atoms with Crippen molar-refractivity contribution in [2.75, 3.05) is 13.2 Å². The predicted molar refractivity (Wildman–Crippen MR) is 88.2 cm³/mol. The number of allylic oxidation sites excluding steroid dienone is 1. The minimum atomic E-state index is -0.0648. The third kappa shape index (κ3) is 6.32. The molecule has 1 N–H and O–H groups in total. The molecule has 2 atom stereocenters. The summed E-state index contributed by atoms with van der Waals surface area (Å²) in [5, 5.41) is 3.42. The van der Waals surface area contributed by atoms with Crippen LogP contribution in [0.2, 0.25) is 0 Å². The van der Waals surface area contributed by atoms with Gasteiger partial charge in [0.2, 0.25) is 0 Å².